The maximum absolute atomic E-state index is 12.5. The minimum atomic E-state index is 0.107. The number of amides is 1. The number of rotatable bonds is 3. The quantitative estimate of drug-likeness (QED) is 0.856. The van der Waals surface area contributed by atoms with E-state index < -0.39 is 0 Å². The van der Waals surface area contributed by atoms with Crippen LogP contribution in [0, 0.1) is 0 Å². The topological polar surface area (TPSA) is 42.4 Å². The van der Waals surface area contributed by atoms with Gasteiger partial charge in [0.15, 0.2) is 0 Å². The number of ether oxygens (including phenoxy) is 1. The fraction of sp³-hybridized carbons (Fsp3) is 0.647. The molecular formula is C17H24N2O2. The highest BCUT2D eigenvalue weighted by molar-refractivity contribution is 5.94. The molecule has 1 saturated heterocycles. The Balaban J connectivity index is 1.68. The van der Waals surface area contributed by atoms with Crippen LogP contribution in [-0.2, 0) is 0 Å². The van der Waals surface area contributed by atoms with Gasteiger partial charge in [0.2, 0.25) is 5.88 Å². The molecule has 3 rings (SSSR count). The third-order valence-corrected chi connectivity index (χ3v) is 4.64. The Morgan fingerprint density at radius 1 is 1.24 bits per heavy atom. The summed E-state index contributed by atoms with van der Waals surface area (Å²) in [6.45, 7) is 2.98. The van der Waals surface area contributed by atoms with Gasteiger partial charge >= 0.3 is 0 Å². The first kappa shape index (κ1) is 14.4. The number of nitrogens with zero attached hydrogens (tertiary/aromatic N) is 2. The van der Waals surface area contributed by atoms with E-state index in [0.29, 0.717) is 17.5 Å². The zero-order chi connectivity index (χ0) is 14.7. The molecule has 21 heavy (non-hydrogen) atoms. The van der Waals surface area contributed by atoms with Gasteiger partial charge < -0.3 is 9.64 Å². The average molecular weight is 288 g/mol. The largest absolute Gasteiger partial charge is 0.474 e. The Bertz CT molecular complexity index is 497. The summed E-state index contributed by atoms with van der Waals surface area (Å²) in [7, 11) is 0. The molecule has 1 atom stereocenters. The molecule has 1 aromatic heterocycles. The number of likely N-dealkylation sites (tertiary alicyclic amines) is 1. The highest BCUT2D eigenvalue weighted by Crippen LogP contribution is 2.24. The minimum Gasteiger partial charge on any atom is -0.474 e. The van der Waals surface area contributed by atoms with Crippen LogP contribution in [0.15, 0.2) is 18.3 Å². The van der Waals surface area contributed by atoms with E-state index in [9.17, 15) is 4.79 Å². The van der Waals surface area contributed by atoms with E-state index in [4.69, 9.17) is 4.74 Å². The van der Waals surface area contributed by atoms with Crippen molar-refractivity contribution in [1.29, 1.82) is 0 Å². The zero-order valence-corrected chi connectivity index (χ0v) is 12.8. The van der Waals surface area contributed by atoms with Crippen molar-refractivity contribution in [3.8, 4) is 5.88 Å². The second-order valence-electron chi connectivity index (χ2n) is 6.25. The smallest absolute Gasteiger partial charge is 0.254 e. The lowest BCUT2D eigenvalue weighted by Gasteiger charge is -2.23. The van der Waals surface area contributed by atoms with Crippen LogP contribution in [-0.4, -0.2) is 34.5 Å². The van der Waals surface area contributed by atoms with E-state index in [1.54, 1.807) is 12.3 Å². The molecule has 0 bridgehead atoms. The molecule has 1 aliphatic heterocycles. The summed E-state index contributed by atoms with van der Waals surface area (Å²) < 4.78 is 5.95. The summed E-state index contributed by atoms with van der Waals surface area (Å²) in [4.78, 5) is 18.8. The number of carbonyl (C=O) groups excluding carboxylic acids is 1. The first-order valence-corrected chi connectivity index (χ1v) is 8.18. The molecule has 114 valence electrons. The highest BCUT2D eigenvalue weighted by Gasteiger charge is 2.26. The van der Waals surface area contributed by atoms with E-state index in [0.717, 1.165) is 32.2 Å². The van der Waals surface area contributed by atoms with Gasteiger partial charge in [0.05, 0.1) is 0 Å². The van der Waals surface area contributed by atoms with Crippen molar-refractivity contribution in [2.24, 2.45) is 0 Å². The van der Waals surface area contributed by atoms with Crippen LogP contribution in [0.3, 0.4) is 0 Å². The van der Waals surface area contributed by atoms with Crippen molar-refractivity contribution < 1.29 is 9.53 Å². The van der Waals surface area contributed by atoms with Crippen LogP contribution in [0.5, 0.6) is 5.88 Å². The maximum Gasteiger partial charge on any atom is 0.254 e. The lowest BCUT2D eigenvalue weighted by molar-refractivity contribution is 0.0745. The molecule has 2 aliphatic rings. The monoisotopic (exact) mass is 288 g/mol. The summed E-state index contributed by atoms with van der Waals surface area (Å²) in [6, 6.07) is 3.94. The van der Waals surface area contributed by atoms with Gasteiger partial charge in [-0.25, -0.2) is 4.98 Å². The molecule has 1 saturated carbocycles. The maximum atomic E-state index is 12.5. The number of aromatic nitrogens is 1. The van der Waals surface area contributed by atoms with E-state index >= 15 is 0 Å². The zero-order valence-electron chi connectivity index (χ0n) is 12.8. The molecule has 0 radical (unpaired) electrons. The molecule has 0 aromatic carbocycles. The van der Waals surface area contributed by atoms with Gasteiger partial charge in [-0.1, -0.05) is 6.42 Å². The van der Waals surface area contributed by atoms with Crippen LogP contribution in [0.1, 0.15) is 62.2 Å². The molecule has 4 nitrogen and oxygen atoms in total. The Morgan fingerprint density at radius 2 is 2.05 bits per heavy atom. The molecule has 2 fully saturated rings. The lowest BCUT2D eigenvalue weighted by Crippen LogP contribution is -2.33. The molecule has 1 aliphatic carbocycles. The van der Waals surface area contributed by atoms with Gasteiger partial charge in [-0.15, -0.1) is 0 Å². The first-order chi connectivity index (χ1) is 10.2. The Morgan fingerprint density at radius 3 is 2.76 bits per heavy atom. The summed E-state index contributed by atoms with van der Waals surface area (Å²) in [5.74, 6) is 0.704. The number of pyridine rings is 1. The number of carbonyl (C=O) groups is 1. The van der Waals surface area contributed by atoms with Gasteiger partial charge in [-0.05, 0) is 51.5 Å². The Hall–Kier alpha value is -1.58. The summed E-state index contributed by atoms with van der Waals surface area (Å²) in [5.41, 5.74) is 0.699. The first-order valence-electron chi connectivity index (χ1n) is 8.18. The van der Waals surface area contributed by atoms with Gasteiger partial charge in [0.25, 0.3) is 5.91 Å². The van der Waals surface area contributed by atoms with Gasteiger partial charge in [-0.2, -0.15) is 0 Å². The lowest BCUT2D eigenvalue weighted by atomic mass is 9.98. The molecule has 1 aromatic rings. The molecule has 1 amide bonds. The fourth-order valence-electron chi connectivity index (χ4n) is 3.36. The summed E-state index contributed by atoms with van der Waals surface area (Å²) in [6.07, 6.45) is 10.1. The summed E-state index contributed by atoms with van der Waals surface area (Å²) >= 11 is 0. The number of hydrogen-bond acceptors (Lipinski definition) is 3. The molecule has 0 spiro atoms. The van der Waals surface area contributed by atoms with Crippen molar-refractivity contribution >= 4 is 5.91 Å². The summed E-state index contributed by atoms with van der Waals surface area (Å²) in [5, 5.41) is 0. The third-order valence-electron chi connectivity index (χ3n) is 4.64. The van der Waals surface area contributed by atoms with Crippen LogP contribution >= 0.6 is 0 Å². The van der Waals surface area contributed by atoms with E-state index in [1.807, 2.05) is 11.0 Å². The van der Waals surface area contributed by atoms with E-state index in [2.05, 4.69) is 11.9 Å². The SMILES string of the molecule is CC1CCCN1C(=O)c1ccnc(OC2CCCCC2)c1. The van der Waals surface area contributed by atoms with Crippen LogP contribution < -0.4 is 4.74 Å². The van der Waals surface area contributed by atoms with Crippen molar-refractivity contribution in [2.45, 2.75) is 64.0 Å². The van der Waals surface area contributed by atoms with E-state index in [1.165, 1.54) is 19.3 Å². The van der Waals surface area contributed by atoms with E-state index in [-0.39, 0.29) is 12.0 Å². The van der Waals surface area contributed by atoms with Crippen LogP contribution in [0.2, 0.25) is 0 Å². The predicted octanol–water partition coefficient (Wildman–Crippen LogP) is 3.42. The molecule has 1 unspecified atom stereocenters. The second-order valence-corrected chi connectivity index (χ2v) is 6.25. The number of hydrogen-bond donors (Lipinski definition) is 0. The standard InChI is InChI=1S/C17H24N2O2/c1-13-6-5-11-19(13)17(20)14-9-10-18-16(12-14)21-15-7-3-2-4-8-15/h9-10,12-13,15H,2-8,11H2,1H3. The second kappa shape index (κ2) is 6.46. The molecule has 4 heteroatoms. The highest BCUT2D eigenvalue weighted by atomic mass is 16.5. The predicted molar refractivity (Wildman–Crippen MR) is 81.5 cm³/mol. The van der Waals surface area contributed by atoms with Gasteiger partial charge in [-0.3, -0.25) is 4.79 Å². The molecule has 2 heterocycles. The van der Waals surface area contributed by atoms with Gasteiger partial charge in [0, 0.05) is 30.4 Å². The van der Waals surface area contributed by atoms with Crippen molar-refractivity contribution in [3.05, 3.63) is 23.9 Å². The normalized spacial score (nSPS) is 23.3. The average Bonchev–Trinajstić information content (AvgIpc) is 2.94. The minimum absolute atomic E-state index is 0.107. The van der Waals surface area contributed by atoms with Crippen molar-refractivity contribution in [1.82, 2.24) is 9.88 Å². The van der Waals surface area contributed by atoms with Crippen LogP contribution in [0.25, 0.3) is 0 Å². The fourth-order valence-corrected chi connectivity index (χ4v) is 3.36. The Labute approximate surface area is 126 Å². The third kappa shape index (κ3) is 3.36. The van der Waals surface area contributed by atoms with Crippen LogP contribution in [0.4, 0.5) is 0 Å². The molecule has 0 N–H and O–H groups in total. The molecular weight excluding hydrogens is 264 g/mol. The van der Waals surface area contributed by atoms with Crippen molar-refractivity contribution in [2.75, 3.05) is 6.54 Å². The Kier molecular flexibility index (Phi) is 4.42. The van der Waals surface area contributed by atoms with Crippen molar-refractivity contribution in [3.63, 3.8) is 0 Å². The van der Waals surface area contributed by atoms with Gasteiger partial charge in [0.1, 0.15) is 6.10 Å².